The molecule has 1 aromatic rings. The number of hydrogen-bond acceptors (Lipinski definition) is 4. The van der Waals surface area contributed by atoms with Crippen molar-refractivity contribution < 1.29 is 5.11 Å². The smallest absolute Gasteiger partial charge is 0.144 e. The molecule has 1 aromatic heterocycles. The second-order valence-electron chi connectivity index (χ2n) is 3.93. The van der Waals surface area contributed by atoms with E-state index >= 15 is 0 Å². The molecule has 0 radical (unpaired) electrons. The monoisotopic (exact) mass is 227 g/mol. The Labute approximate surface area is 93.9 Å². The summed E-state index contributed by atoms with van der Waals surface area (Å²) in [4.78, 5) is 10.6. The molecule has 0 spiro atoms. The number of nitrogens with zero attached hydrogens (tertiary/aromatic N) is 3. The quantitative estimate of drug-likeness (QED) is 0.766. The van der Waals surface area contributed by atoms with Crippen LogP contribution in [-0.4, -0.2) is 39.2 Å². The minimum Gasteiger partial charge on any atom is -0.392 e. The van der Waals surface area contributed by atoms with Crippen LogP contribution in [0.3, 0.4) is 0 Å². The third-order valence-corrected chi connectivity index (χ3v) is 2.68. The van der Waals surface area contributed by atoms with Gasteiger partial charge in [0.1, 0.15) is 11.0 Å². The van der Waals surface area contributed by atoms with Crippen molar-refractivity contribution in [2.75, 3.05) is 13.1 Å². The summed E-state index contributed by atoms with van der Waals surface area (Å²) in [6.45, 7) is 4.17. The second kappa shape index (κ2) is 4.43. The van der Waals surface area contributed by atoms with Crippen LogP contribution >= 0.6 is 11.6 Å². The van der Waals surface area contributed by atoms with Gasteiger partial charge in [0.25, 0.3) is 0 Å². The minimum atomic E-state index is -0.203. The Kier molecular flexibility index (Phi) is 3.19. The van der Waals surface area contributed by atoms with E-state index in [4.69, 9.17) is 11.6 Å². The first-order chi connectivity index (χ1) is 7.13. The molecule has 0 saturated carbocycles. The van der Waals surface area contributed by atoms with Crippen LogP contribution < -0.4 is 0 Å². The number of aryl methyl sites for hydroxylation is 1. The Morgan fingerprint density at radius 1 is 1.60 bits per heavy atom. The first kappa shape index (κ1) is 10.8. The van der Waals surface area contributed by atoms with Crippen LogP contribution in [0.4, 0.5) is 0 Å². The molecule has 5 heteroatoms. The molecular weight excluding hydrogens is 214 g/mol. The zero-order valence-corrected chi connectivity index (χ0v) is 9.41. The number of halogens is 1. The molecule has 1 N–H and O–H groups in total. The maximum Gasteiger partial charge on any atom is 0.144 e. The molecule has 1 fully saturated rings. The molecule has 4 nitrogen and oxygen atoms in total. The molecule has 0 aromatic carbocycles. The first-order valence-electron chi connectivity index (χ1n) is 5.04. The lowest BCUT2D eigenvalue weighted by Gasteiger charge is -2.13. The van der Waals surface area contributed by atoms with Crippen molar-refractivity contribution in [2.24, 2.45) is 0 Å². The topological polar surface area (TPSA) is 49.2 Å². The van der Waals surface area contributed by atoms with Gasteiger partial charge in [-0.2, -0.15) is 0 Å². The van der Waals surface area contributed by atoms with Crippen LogP contribution in [-0.2, 0) is 6.54 Å². The van der Waals surface area contributed by atoms with Crippen LogP contribution in [0.15, 0.2) is 6.07 Å². The van der Waals surface area contributed by atoms with Crippen molar-refractivity contribution in [1.29, 1.82) is 0 Å². The highest BCUT2D eigenvalue weighted by atomic mass is 35.5. The molecular formula is C10H14ClN3O. The Morgan fingerprint density at radius 3 is 3.00 bits per heavy atom. The number of rotatable bonds is 2. The van der Waals surface area contributed by atoms with Gasteiger partial charge in [-0.05, 0) is 19.4 Å². The molecule has 1 saturated heterocycles. The average molecular weight is 228 g/mol. The fourth-order valence-corrected chi connectivity index (χ4v) is 2.07. The maximum absolute atomic E-state index is 9.38. The van der Waals surface area contributed by atoms with Gasteiger partial charge in [-0.15, -0.1) is 0 Å². The van der Waals surface area contributed by atoms with Crippen molar-refractivity contribution >= 4 is 11.6 Å². The summed E-state index contributed by atoms with van der Waals surface area (Å²) in [6.07, 6.45) is 0.629. The van der Waals surface area contributed by atoms with Crippen molar-refractivity contribution in [3.8, 4) is 0 Å². The Morgan fingerprint density at radius 2 is 2.40 bits per heavy atom. The molecule has 2 rings (SSSR count). The summed E-state index contributed by atoms with van der Waals surface area (Å²) >= 11 is 5.85. The third-order valence-electron chi connectivity index (χ3n) is 2.48. The third kappa shape index (κ3) is 2.87. The standard InChI is InChI=1S/C10H14ClN3O/c1-7-4-9(11)13-10(12-7)6-14-3-2-8(15)5-14/h4,8,15H,2-3,5-6H2,1H3/t8-/m1/s1. The Hall–Kier alpha value is -0.710. The number of likely N-dealkylation sites (tertiary alicyclic amines) is 1. The van der Waals surface area contributed by atoms with Crippen LogP contribution in [0.25, 0.3) is 0 Å². The first-order valence-corrected chi connectivity index (χ1v) is 5.42. The number of β-amino-alcohol motifs (C(OH)–C–C–N with tert-alkyl or cyclic N) is 1. The number of aromatic nitrogens is 2. The molecule has 1 aliphatic rings. The van der Waals surface area contributed by atoms with Gasteiger partial charge in [-0.3, -0.25) is 4.90 Å². The summed E-state index contributed by atoms with van der Waals surface area (Å²) < 4.78 is 0. The zero-order valence-electron chi connectivity index (χ0n) is 8.65. The van der Waals surface area contributed by atoms with E-state index in [1.165, 1.54) is 0 Å². The van der Waals surface area contributed by atoms with Crippen LogP contribution in [0.1, 0.15) is 17.9 Å². The highest BCUT2D eigenvalue weighted by molar-refractivity contribution is 6.29. The number of aliphatic hydroxyl groups is 1. The lowest BCUT2D eigenvalue weighted by Crippen LogP contribution is -2.22. The van der Waals surface area contributed by atoms with Gasteiger partial charge in [0.05, 0.1) is 12.6 Å². The van der Waals surface area contributed by atoms with Gasteiger partial charge in [0.15, 0.2) is 0 Å². The van der Waals surface area contributed by atoms with Gasteiger partial charge < -0.3 is 5.11 Å². The fraction of sp³-hybridized carbons (Fsp3) is 0.600. The maximum atomic E-state index is 9.38. The van der Waals surface area contributed by atoms with Gasteiger partial charge in [0, 0.05) is 18.8 Å². The molecule has 2 heterocycles. The average Bonchev–Trinajstić information content (AvgIpc) is 2.49. The lowest BCUT2D eigenvalue weighted by atomic mass is 10.3. The molecule has 15 heavy (non-hydrogen) atoms. The van der Waals surface area contributed by atoms with Gasteiger partial charge >= 0.3 is 0 Å². The molecule has 1 aliphatic heterocycles. The predicted octanol–water partition coefficient (Wildman–Crippen LogP) is 1.01. The van der Waals surface area contributed by atoms with E-state index in [-0.39, 0.29) is 6.10 Å². The summed E-state index contributed by atoms with van der Waals surface area (Å²) in [7, 11) is 0. The van der Waals surface area contributed by atoms with Crippen molar-refractivity contribution in [3.63, 3.8) is 0 Å². The number of aliphatic hydroxyl groups excluding tert-OH is 1. The van der Waals surface area contributed by atoms with Crippen LogP contribution in [0.5, 0.6) is 0 Å². The Balaban J connectivity index is 2.04. The van der Waals surface area contributed by atoms with E-state index in [2.05, 4.69) is 14.9 Å². The highest BCUT2D eigenvalue weighted by Crippen LogP contribution is 2.13. The van der Waals surface area contributed by atoms with E-state index in [9.17, 15) is 5.11 Å². The predicted molar refractivity (Wildman–Crippen MR) is 57.7 cm³/mol. The SMILES string of the molecule is Cc1cc(Cl)nc(CN2CC[C@@H](O)C2)n1. The minimum absolute atomic E-state index is 0.203. The summed E-state index contributed by atoms with van der Waals surface area (Å²) in [5.41, 5.74) is 0.879. The molecule has 0 unspecified atom stereocenters. The van der Waals surface area contributed by atoms with Crippen molar-refractivity contribution in [2.45, 2.75) is 26.0 Å². The summed E-state index contributed by atoms with van der Waals surface area (Å²) in [5, 5.41) is 9.86. The van der Waals surface area contributed by atoms with Crippen LogP contribution in [0.2, 0.25) is 5.15 Å². The Bertz CT molecular complexity index is 338. The molecule has 0 amide bonds. The fourth-order valence-electron chi connectivity index (χ4n) is 1.82. The van der Waals surface area contributed by atoms with Gasteiger partial charge in [-0.25, -0.2) is 9.97 Å². The van der Waals surface area contributed by atoms with Crippen LogP contribution in [0, 0.1) is 6.92 Å². The summed E-state index contributed by atoms with van der Waals surface area (Å²) in [6, 6.07) is 1.74. The lowest BCUT2D eigenvalue weighted by molar-refractivity contribution is 0.174. The zero-order chi connectivity index (χ0) is 10.8. The van der Waals surface area contributed by atoms with E-state index < -0.39 is 0 Å². The van der Waals surface area contributed by atoms with Gasteiger partial charge in [0.2, 0.25) is 0 Å². The van der Waals surface area contributed by atoms with E-state index in [0.29, 0.717) is 18.2 Å². The van der Waals surface area contributed by atoms with E-state index in [1.54, 1.807) is 6.07 Å². The largest absolute Gasteiger partial charge is 0.392 e. The molecule has 1 atom stereocenters. The molecule has 0 aliphatic carbocycles. The summed E-state index contributed by atoms with van der Waals surface area (Å²) in [5.74, 6) is 0.731. The van der Waals surface area contributed by atoms with Gasteiger partial charge in [-0.1, -0.05) is 11.6 Å². The normalized spacial score (nSPS) is 22.2. The highest BCUT2D eigenvalue weighted by Gasteiger charge is 2.20. The number of hydrogen-bond donors (Lipinski definition) is 1. The van der Waals surface area contributed by atoms with Crippen molar-refractivity contribution in [3.05, 3.63) is 22.7 Å². The van der Waals surface area contributed by atoms with Crippen molar-refractivity contribution in [1.82, 2.24) is 14.9 Å². The van der Waals surface area contributed by atoms with E-state index in [1.807, 2.05) is 6.92 Å². The molecule has 82 valence electrons. The molecule has 0 bridgehead atoms. The van der Waals surface area contributed by atoms with E-state index in [0.717, 1.165) is 24.5 Å². The second-order valence-corrected chi connectivity index (χ2v) is 4.31.